The number of halogens is 2. The Morgan fingerprint density at radius 1 is 0.767 bits per heavy atom. The molecule has 0 aliphatic heterocycles. The van der Waals surface area contributed by atoms with Gasteiger partial charge in [-0.2, -0.15) is 0 Å². The van der Waals surface area contributed by atoms with Gasteiger partial charge in [0.15, 0.2) is 0 Å². The fourth-order valence-corrected chi connectivity index (χ4v) is 3.42. The summed E-state index contributed by atoms with van der Waals surface area (Å²) in [6.07, 6.45) is 0. The van der Waals surface area contributed by atoms with E-state index in [1.54, 1.807) is 32.3 Å². The van der Waals surface area contributed by atoms with E-state index in [1.165, 1.54) is 11.0 Å². The third-order valence-electron chi connectivity index (χ3n) is 4.15. The molecule has 4 aromatic rings. The van der Waals surface area contributed by atoms with Crippen molar-refractivity contribution in [1.29, 1.82) is 0 Å². The highest BCUT2D eigenvalue weighted by atomic mass is 79.9. The molecule has 0 saturated heterocycles. The zero-order valence-corrected chi connectivity index (χ0v) is 19.3. The van der Waals surface area contributed by atoms with Crippen LogP contribution in [0.2, 0.25) is 0 Å². The molecule has 152 valence electrons. The molecule has 0 bridgehead atoms. The van der Waals surface area contributed by atoms with E-state index in [4.69, 9.17) is 5.11 Å². The van der Waals surface area contributed by atoms with Crippen LogP contribution >= 0.6 is 31.9 Å². The number of carboxylic acid groups (broad SMARTS) is 1. The topological polar surface area (TPSA) is 83.4 Å². The average Bonchev–Trinajstić information content (AvgIpc) is 2.72. The fourth-order valence-electron chi connectivity index (χ4n) is 2.66. The minimum atomic E-state index is -1.00. The van der Waals surface area contributed by atoms with E-state index in [2.05, 4.69) is 41.8 Å². The Morgan fingerprint density at radius 3 is 1.70 bits per heavy atom. The Labute approximate surface area is 189 Å². The predicted octanol–water partition coefficient (Wildman–Crippen LogP) is 5.39. The highest BCUT2D eigenvalue weighted by Crippen LogP contribution is 2.19. The van der Waals surface area contributed by atoms with Gasteiger partial charge >= 0.3 is 5.97 Å². The molecule has 0 atom stereocenters. The van der Waals surface area contributed by atoms with Crippen LogP contribution in [0.4, 0.5) is 0 Å². The first-order valence-corrected chi connectivity index (χ1v) is 10.4. The molecule has 4 rings (SSSR count). The van der Waals surface area contributed by atoms with E-state index in [9.17, 15) is 9.59 Å². The van der Waals surface area contributed by atoms with Crippen molar-refractivity contribution in [2.75, 3.05) is 14.1 Å². The van der Waals surface area contributed by atoms with Crippen molar-refractivity contribution < 1.29 is 14.7 Å². The molecule has 1 N–H and O–H groups in total. The number of hydrogen-bond acceptors (Lipinski definition) is 4. The minimum Gasteiger partial charge on any atom is -0.477 e. The summed E-state index contributed by atoms with van der Waals surface area (Å²) in [5.41, 5.74) is 2.06. The Hall–Kier alpha value is -2.84. The summed E-state index contributed by atoms with van der Waals surface area (Å²) in [6.45, 7) is 0. The Morgan fingerprint density at radius 2 is 1.23 bits per heavy atom. The number of carbonyl (C=O) groups is 2. The maximum Gasteiger partial charge on any atom is 0.354 e. The van der Waals surface area contributed by atoms with Crippen molar-refractivity contribution in [2.45, 2.75) is 0 Å². The van der Waals surface area contributed by atoms with Crippen LogP contribution in [0.15, 0.2) is 69.6 Å². The van der Waals surface area contributed by atoms with Crippen molar-refractivity contribution >= 4 is 65.5 Å². The van der Waals surface area contributed by atoms with Gasteiger partial charge in [0.2, 0.25) is 0 Å². The standard InChI is InChI=1S/C12H11BrN2O.C10H6BrNO2/c1-15(2)12(16)11-5-3-8-7-9(13)4-6-10(8)14-11;11-7-2-4-8-6(5-7)1-3-9(12-8)10(13)14/h3-7H,1-2H3;1-5H,(H,13,14). The van der Waals surface area contributed by atoms with Crippen molar-refractivity contribution in [2.24, 2.45) is 0 Å². The quantitative estimate of drug-likeness (QED) is 0.375. The smallest absolute Gasteiger partial charge is 0.354 e. The van der Waals surface area contributed by atoms with Gasteiger partial charge in [-0.1, -0.05) is 44.0 Å². The van der Waals surface area contributed by atoms with Gasteiger partial charge in [0, 0.05) is 33.8 Å². The Balaban J connectivity index is 0.000000172. The first kappa shape index (κ1) is 21.9. The molecule has 8 heteroatoms. The number of hydrogen-bond donors (Lipinski definition) is 1. The third kappa shape index (κ3) is 5.20. The Kier molecular flexibility index (Phi) is 6.79. The van der Waals surface area contributed by atoms with Gasteiger partial charge in [-0.15, -0.1) is 0 Å². The fraction of sp³-hybridized carbons (Fsp3) is 0.0909. The van der Waals surface area contributed by atoms with Crippen LogP contribution < -0.4 is 0 Å². The van der Waals surface area contributed by atoms with Crippen LogP contribution in [-0.4, -0.2) is 45.9 Å². The summed E-state index contributed by atoms with van der Waals surface area (Å²) >= 11 is 6.74. The average molecular weight is 531 g/mol. The van der Waals surface area contributed by atoms with Crippen molar-refractivity contribution in [3.63, 3.8) is 0 Å². The molecular weight excluding hydrogens is 514 g/mol. The number of benzene rings is 2. The molecule has 1 amide bonds. The van der Waals surface area contributed by atoms with Gasteiger partial charge in [-0.3, -0.25) is 4.79 Å². The highest BCUT2D eigenvalue weighted by Gasteiger charge is 2.10. The number of nitrogens with zero attached hydrogens (tertiary/aromatic N) is 3. The molecule has 2 heterocycles. The molecule has 0 fully saturated rings. The molecular formula is C22H17Br2N3O3. The lowest BCUT2D eigenvalue weighted by molar-refractivity contribution is 0.0690. The number of carbonyl (C=O) groups excluding carboxylic acids is 1. The second kappa shape index (κ2) is 9.32. The first-order chi connectivity index (χ1) is 14.2. The highest BCUT2D eigenvalue weighted by molar-refractivity contribution is 9.10. The van der Waals surface area contributed by atoms with Gasteiger partial charge in [-0.05, 0) is 48.5 Å². The second-order valence-corrected chi connectivity index (χ2v) is 8.40. The zero-order chi connectivity index (χ0) is 21.8. The predicted molar refractivity (Wildman–Crippen MR) is 124 cm³/mol. The van der Waals surface area contributed by atoms with Gasteiger partial charge in [0.05, 0.1) is 11.0 Å². The molecule has 0 unspecified atom stereocenters. The second-order valence-electron chi connectivity index (χ2n) is 6.57. The molecule has 0 saturated carbocycles. The summed E-state index contributed by atoms with van der Waals surface area (Å²) < 4.78 is 1.96. The van der Waals surface area contributed by atoms with Gasteiger partial charge in [-0.25, -0.2) is 14.8 Å². The van der Waals surface area contributed by atoms with E-state index in [-0.39, 0.29) is 11.6 Å². The minimum absolute atomic E-state index is 0.0693. The molecule has 6 nitrogen and oxygen atoms in total. The lowest BCUT2D eigenvalue weighted by atomic mass is 10.2. The van der Waals surface area contributed by atoms with E-state index in [0.29, 0.717) is 11.2 Å². The summed E-state index contributed by atoms with van der Waals surface area (Å²) in [5.74, 6) is -1.08. The van der Waals surface area contributed by atoms with E-state index < -0.39 is 5.97 Å². The number of aromatic carboxylic acids is 1. The molecule has 2 aromatic heterocycles. The molecule has 0 aliphatic rings. The molecule has 0 radical (unpaired) electrons. The molecule has 2 aromatic carbocycles. The van der Waals surface area contributed by atoms with Crippen LogP contribution in [0.5, 0.6) is 0 Å². The van der Waals surface area contributed by atoms with Crippen molar-refractivity contribution in [3.05, 3.63) is 81.0 Å². The Bertz CT molecular complexity index is 1260. The van der Waals surface area contributed by atoms with Crippen molar-refractivity contribution in [3.8, 4) is 0 Å². The maximum absolute atomic E-state index is 11.7. The normalized spacial score (nSPS) is 10.4. The van der Waals surface area contributed by atoms with Crippen LogP contribution in [0, 0.1) is 0 Å². The van der Waals surface area contributed by atoms with Gasteiger partial charge in [0.1, 0.15) is 11.4 Å². The monoisotopic (exact) mass is 529 g/mol. The first-order valence-electron chi connectivity index (χ1n) is 8.82. The molecule has 30 heavy (non-hydrogen) atoms. The third-order valence-corrected chi connectivity index (χ3v) is 5.13. The molecule has 0 aliphatic carbocycles. The summed E-state index contributed by atoms with van der Waals surface area (Å²) in [5, 5.41) is 10.7. The van der Waals surface area contributed by atoms with E-state index in [1.807, 2.05) is 36.4 Å². The van der Waals surface area contributed by atoms with Crippen molar-refractivity contribution in [1.82, 2.24) is 14.9 Å². The van der Waals surface area contributed by atoms with E-state index >= 15 is 0 Å². The van der Waals surface area contributed by atoms with E-state index in [0.717, 1.165) is 25.2 Å². The number of pyridine rings is 2. The van der Waals surface area contributed by atoms with Crippen LogP contribution in [0.1, 0.15) is 21.0 Å². The van der Waals surface area contributed by atoms with Crippen LogP contribution in [0.25, 0.3) is 21.8 Å². The lowest BCUT2D eigenvalue weighted by Gasteiger charge is -2.09. The van der Waals surface area contributed by atoms with Crippen LogP contribution in [-0.2, 0) is 0 Å². The zero-order valence-electron chi connectivity index (χ0n) is 16.1. The molecule has 0 spiro atoms. The number of amides is 1. The number of rotatable bonds is 2. The summed E-state index contributed by atoms with van der Waals surface area (Å²) in [7, 11) is 3.44. The largest absolute Gasteiger partial charge is 0.477 e. The maximum atomic E-state index is 11.7. The van der Waals surface area contributed by atoms with Crippen LogP contribution in [0.3, 0.4) is 0 Å². The van der Waals surface area contributed by atoms with Gasteiger partial charge in [0.25, 0.3) is 5.91 Å². The SMILES string of the molecule is CN(C)C(=O)c1ccc2cc(Br)ccc2n1.O=C(O)c1ccc2cc(Br)ccc2n1. The number of aromatic nitrogens is 2. The number of carboxylic acids is 1. The summed E-state index contributed by atoms with van der Waals surface area (Å²) in [4.78, 5) is 32.2. The van der Waals surface area contributed by atoms with Gasteiger partial charge < -0.3 is 10.0 Å². The summed E-state index contributed by atoms with van der Waals surface area (Å²) in [6, 6.07) is 18.2. The number of fused-ring (bicyclic) bond motifs is 2. The lowest BCUT2D eigenvalue weighted by Crippen LogP contribution is -2.22.